The zero-order valence-corrected chi connectivity index (χ0v) is 9.52. The molecule has 1 heteroatoms. The van der Waals surface area contributed by atoms with Gasteiger partial charge in [-0.05, 0) is 43.4 Å². The molecule has 0 unspecified atom stereocenters. The van der Waals surface area contributed by atoms with E-state index in [-0.39, 0.29) is 5.54 Å². The lowest BCUT2D eigenvalue weighted by molar-refractivity contribution is 0.594. The third kappa shape index (κ3) is 1.63. The van der Waals surface area contributed by atoms with E-state index in [1.165, 1.54) is 16.8 Å². The van der Waals surface area contributed by atoms with Crippen LogP contribution in [0.2, 0.25) is 0 Å². The average Bonchev–Trinajstić information content (AvgIpc) is 2.36. The Kier molecular flexibility index (Phi) is 2.06. The zero-order valence-electron chi connectivity index (χ0n) is 9.52. The lowest BCUT2D eigenvalue weighted by Gasteiger charge is -2.17. The van der Waals surface area contributed by atoms with Gasteiger partial charge in [0.15, 0.2) is 0 Å². The van der Waals surface area contributed by atoms with Crippen LogP contribution in [0, 0.1) is 0 Å². The van der Waals surface area contributed by atoms with Gasteiger partial charge in [-0.15, -0.1) is 0 Å². The highest BCUT2D eigenvalue weighted by molar-refractivity contribution is 5.59. The lowest BCUT2D eigenvalue weighted by atomic mass is 9.96. The van der Waals surface area contributed by atoms with Crippen molar-refractivity contribution in [3.05, 3.63) is 29.3 Å². The fourth-order valence-electron chi connectivity index (χ4n) is 2.13. The zero-order chi connectivity index (χ0) is 10.3. The van der Waals surface area contributed by atoms with Crippen molar-refractivity contribution >= 4 is 5.69 Å². The molecule has 0 atom stereocenters. The minimum atomic E-state index is 0.234. The van der Waals surface area contributed by atoms with Crippen molar-refractivity contribution in [2.24, 2.45) is 0 Å². The van der Waals surface area contributed by atoms with Crippen LogP contribution in [0.5, 0.6) is 0 Å². The molecule has 2 rings (SSSR count). The maximum atomic E-state index is 3.54. The fraction of sp³-hybridized carbons (Fsp3) is 0.538. The summed E-state index contributed by atoms with van der Waals surface area (Å²) in [7, 11) is 0. The van der Waals surface area contributed by atoms with Gasteiger partial charge in [0.25, 0.3) is 0 Å². The SMILES string of the molecule is CC(C)c1ccc2c(c1)CC(C)(C)N2. The largest absolute Gasteiger partial charge is 0.380 e. The number of hydrogen-bond donors (Lipinski definition) is 1. The smallest absolute Gasteiger partial charge is 0.0378 e. The Morgan fingerprint density at radius 2 is 2.00 bits per heavy atom. The molecule has 1 aromatic rings. The third-order valence-corrected chi connectivity index (χ3v) is 2.90. The topological polar surface area (TPSA) is 12.0 Å². The minimum absolute atomic E-state index is 0.234. The van der Waals surface area contributed by atoms with Gasteiger partial charge in [0, 0.05) is 11.2 Å². The molecule has 0 amide bonds. The predicted molar refractivity (Wildman–Crippen MR) is 61.9 cm³/mol. The van der Waals surface area contributed by atoms with E-state index in [9.17, 15) is 0 Å². The number of rotatable bonds is 1. The molecule has 0 radical (unpaired) electrons. The molecule has 0 saturated heterocycles. The Morgan fingerprint density at radius 3 is 2.64 bits per heavy atom. The standard InChI is InChI=1S/C13H19N/c1-9(2)10-5-6-12-11(7-10)8-13(3,4)14-12/h5-7,9,14H,8H2,1-4H3. The van der Waals surface area contributed by atoms with Crippen LogP contribution in [-0.2, 0) is 6.42 Å². The summed E-state index contributed by atoms with van der Waals surface area (Å²) in [4.78, 5) is 0. The van der Waals surface area contributed by atoms with Gasteiger partial charge in [-0.25, -0.2) is 0 Å². The van der Waals surface area contributed by atoms with Crippen LogP contribution in [0.4, 0.5) is 5.69 Å². The Bertz CT molecular complexity index is 350. The van der Waals surface area contributed by atoms with E-state index < -0.39 is 0 Å². The quantitative estimate of drug-likeness (QED) is 0.712. The Hall–Kier alpha value is -0.980. The van der Waals surface area contributed by atoms with Gasteiger partial charge in [-0.3, -0.25) is 0 Å². The molecule has 1 aromatic carbocycles. The van der Waals surface area contributed by atoms with Crippen LogP contribution < -0.4 is 5.32 Å². The molecule has 0 fully saturated rings. The number of benzene rings is 1. The summed E-state index contributed by atoms with van der Waals surface area (Å²) >= 11 is 0. The van der Waals surface area contributed by atoms with Crippen molar-refractivity contribution in [1.29, 1.82) is 0 Å². The highest BCUT2D eigenvalue weighted by Gasteiger charge is 2.27. The first-order chi connectivity index (χ1) is 6.48. The van der Waals surface area contributed by atoms with Gasteiger partial charge in [-0.2, -0.15) is 0 Å². The summed E-state index contributed by atoms with van der Waals surface area (Å²) < 4.78 is 0. The second kappa shape index (κ2) is 3.01. The number of anilines is 1. The molecule has 1 aliphatic rings. The molecule has 1 aliphatic heterocycles. The maximum Gasteiger partial charge on any atom is 0.0378 e. The van der Waals surface area contributed by atoms with Crippen LogP contribution in [-0.4, -0.2) is 5.54 Å². The molecule has 76 valence electrons. The van der Waals surface area contributed by atoms with Crippen molar-refractivity contribution in [1.82, 2.24) is 0 Å². The van der Waals surface area contributed by atoms with E-state index in [1.54, 1.807) is 0 Å². The number of nitrogens with one attached hydrogen (secondary N) is 1. The summed E-state index contributed by atoms with van der Waals surface area (Å²) in [5.41, 5.74) is 4.47. The van der Waals surface area contributed by atoms with Crippen molar-refractivity contribution in [2.45, 2.75) is 45.6 Å². The minimum Gasteiger partial charge on any atom is -0.380 e. The van der Waals surface area contributed by atoms with Crippen LogP contribution >= 0.6 is 0 Å². The van der Waals surface area contributed by atoms with Crippen LogP contribution in [0.25, 0.3) is 0 Å². The molecular weight excluding hydrogens is 170 g/mol. The Morgan fingerprint density at radius 1 is 1.29 bits per heavy atom. The monoisotopic (exact) mass is 189 g/mol. The van der Waals surface area contributed by atoms with Gasteiger partial charge < -0.3 is 5.32 Å². The summed E-state index contributed by atoms with van der Waals surface area (Å²) in [6, 6.07) is 6.80. The highest BCUT2D eigenvalue weighted by Crippen LogP contribution is 2.33. The molecule has 0 spiro atoms. The second-order valence-corrected chi connectivity index (χ2v) is 5.26. The lowest BCUT2D eigenvalue weighted by Crippen LogP contribution is -2.26. The van der Waals surface area contributed by atoms with Gasteiger partial charge >= 0.3 is 0 Å². The van der Waals surface area contributed by atoms with E-state index >= 15 is 0 Å². The van der Waals surface area contributed by atoms with Crippen LogP contribution in [0.1, 0.15) is 44.7 Å². The van der Waals surface area contributed by atoms with E-state index in [0.29, 0.717) is 5.92 Å². The molecule has 1 heterocycles. The summed E-state index contributed by atoms with van der Waals surface area (Å²) in [5, 5.41) is 3.54. The molecule has 14 heavy (non-hydrogen) atoms. The average molecular weight is 189 g/mol. The molecule has 1 N–H and O–H groups in total. The van der Waals surface area contributed by atoms with Gasteiger partial charge in [-0.1, -0.05) is 26.0 Å². The first-order valence-electron chi connectivity index (χ1n) is 5.39. The second-order valence-electron chi connectivity index (χ2n) is 5.26. The van der Waals surface area contributed by atoms with Gasteiger partial charge in [0.1, 0.15) is 0 Å². The first-order valence-corrected chi connectivity index (χ1v) is 5.39. The highest BCUT2D eigenvalue weighted by atomic mass is 15.0. The van der Waals surface area contributed by atoms with E-state index in [1.807, 2.05) is 0 Å². The molecule has 0 aromatic heterocycles. The normalized spacial score (nSPS) is 18.1. The molecule has 1 nitrogen and oxygen atoms in total. The van der Waals surface area contributed by atoms with Crippen LogP contribution in [0.15, 0.2) is 18.2 Å². The summed E-state index contributed by atoms with van der Waals surface area (Å²) in [6.07, 6.45) is 1.14. The Balaban J connectivity index is 2.36. The predicted octanol–water partition coefficient (Wildman–Crippen LogP) is 3.56. The molecule has 0 saturated carbocycles. The summed E-state index contributed by atoms with van der Waals surface area (Å²) in [5.74, 6) is 0.629. The Labute approximate surface area is 86.5 Å². The van der Waals surface area contributed by atoms with E-state index in [0.717, 1.165) is 6.42 Å². The molecule has 0 bridgehead atoms. The van der Waals surface area contributed by atoms with Gasteiger partial charge in [0.05, 0.1) is 0 Å². The third-order valence-electron chi connectivity index (χ3n) is 2.90. The van der Waals surface area contributed by atoms with Crippen LogP contribution in [0.3, 0.4) is 0 Å². The first kappa shape index (κ1) is 9.57. The van der Waals surface area contributed by atoms with Crippen molar-refractivity contribution in [3.63, 3.8) is 0 Å². The van der Waals surface area contributed by atoms with Crippen molar-refractivity contribution in [2.75, 3.05) is 5.32 Å². The summed E-state index contributed by atoms with van der Waals surface area (Å²) in [6.45, 7) is 8.99. The maximum absolute atomic E-state index is 3.54. The van der Waals surface area contributed by atoms with Crippen molar-refractivity contribution < 1.29 is 0 Å². The fourth-order valence-corrected chi connectivity index (χ4v) is 2.13. The van der Waals surface area contributed by atoms with E-state index in [2.05, 4.69) is 51.2 Å². The van der Waals surface area contributed by atoms with Gasteiger partial charge in [0.2, 0.25) is 0 Å². The molecule has 0 aliphatic carbocycles. The van der Waals surface area contributed by atoms with E-state index in [4.69, 9.17) is 0 Å². The number of fused-ring (bicyclic) bond motifs is 1. The molecular formula is C13H19N. The number of hydrogen-bond acceptors (Lipinski definition) is 1. The van der Waals surface area contributed by atoms with Crippen molar-refractivity contribution in [3.8, 4) is 0 Å².